The smallest absolute Gasteiger partial charge is 0.0546 e. The Bertz CT molecular complexity index is 258. The Morgan fingerprint density at radius 3 is 3.00 bits per heavy atom. The summed E-state index contributed by atoms with van der Waals surface area (Å²) in [7, 11) is 0. The van der Waals surface area contributed by atoms with Crippen LogP contribution in [0, 0.1) is 5.92 Å². The molecule has 3 atom stereocenters. The van der Waals surface area contributed by atoms with E-state index in [1.54, 1.807) is 6.20 Å². The normalized spacial score (nSPS) is 29.8. The van der Waals surface area contributed by atoms with Crippen molar-refractivity contribution in [1.82, 2.24) is 4.98 Å². The molecule has 1 saturated carbocycles. The Hall–Kier alpha value is -0.890. The van der Waals surface area contributed by atoms with E-state index < -0.39 is 0 Å². The van der Waals surface area contributed by atoms with Crippen molar-refractivity contribution in [2.45, 2.75) is 25.4 Å². The molecule has 0 aliphatic heterocycles. The third-order valence-corrected chi connectivity index (χ3v) is 2.57. The van der Waals surface area contributed by atoms with Crippen molar-refractivity contribution < 1.29 is 5.11 Å². The van der Waals surface area contributed by atoms with Crippen molar-refractivity contribution in [1.29, 1.82) is 0 Å². The molecule has 1 N–H and O–H groups in total. The molecule has 1 aliphatic carbocycles. The first-order chi connectivity index (χ1) is 5.79. The van der Waals surface area contributed by atoms with Gasteiger partial charge in [-0.25, -0.2) is 0 Å². The second kappa shape index (κ2) is 2.87. The highest BCUT2D eigenvalue weighted by atomic mass is 16.3. The van der Waals surface area contributed by atoms with Gasteiger partial charge in [-0.2, -0.15) is 0 Å². The van der Waals surface area contributed by atoms with Crippen LogP contribution in [0.25, 0.3) is 0 Å². The molecule has 12 heavy (non-hydrogen) atoms. The molecule has 1 aromatic rings. The first-order valence-electron chi connectivity index (χ1n) is 4.37. The zero-order chi connectivity index (χ0) is 8.55. The molecule has 1 aromatic heterocycles. The van der Waals surface area contributed by atoms with Gasteiger partial charge in [0.2, 0.25) is 0 Å². The van der Waals surface area contributed by atoms with Gasteiger partial charge in [0.1, 0.15) is 0 Å². The van der Waals surface area contributed by atoms with Crippen molar-refractivity contribution in [2.24, 2.45) is 5.92 Å². The second-order valence-electron chi connectivity index (χ2n) is 3.53. The van der Waals surface area contributed by atoms with E-state index in [4.69, 9.17) is 0 Å². The topological polar surface area (TPSA) is 33.1 Å². The van der Waals surface area contributed by atoms with E-state index in [1.165, 1.54) is 5.56 Å². The molecule has 2 rings (SSSR count). The van der Waals surface area contributed by atoms with Gasteiger partial charge in [-0.05, 0) is 36.8 Å². The minimum atomic E-state index is -0.171. The monoisotopic (exact) mass is 163 g/mol. The molecule has 64 valence electrons. The number of aromatic nitrogens is 1. The third-order valence-electron chi connectivity index (χ3n) is 2.57. The summed E-state index contributed by atoms with van der Waals surface area (Å²) >= 11 is 0. The molecule has 2 heteroatoms. The SMILES string of the molecule is C[C@@H](O)[C@H]1C[C@@H]1c1cccnc1. The summed E-state index contributed by atoms with van der Waals surface area (Å²) in [5, 5.41) is 9.30. The van der Waals surface area contributed by atoms with Gasteiger partial charge in [-0.15, -0.1) is 0 Å². The number of aliphatic hydroxyl groups is 1. The molecular formula is C10H13NO. The summed E-state index contributed by atoms with van der Waals surface area (Å²) in [5.41, 5.74) is 1.27. The van der Waals surface area contributed by atoms with Crippen molar-refractivity contribution >= 4 is 0 Å². The van der Waals surface area contributed by atoms with Crippen LogP contribution < -0.4 is 0 Å². The second-order valence-corrected chi connectivity index (χ2v) is 3.53. The number of hydrogen-bond donors (Lipinski definition) is 1. The molecule has 2 nitrogen and oxygen atoms in total. The molecule has 0 aromatic carbocycles. The van der Waals surface area contributed by atoms with Gasteiger partial charge in [0.25, 0.3) is 0 Å². The van der Waals surface area contributed by atoms with E-state index in [0.29, 0.717) is 11.8 Å². The van der Waals surface area contributed by atoms with Crippen LogP contribution in [0.2, 0.25) is 0 Å². The van der Waals surface area contributed by atoms with Gasteiger partial charge in [0, 0.05) is 12.4 Å². The molecule has 0 radical (unpaired) electrons. The van der Waals surface area contributed by atoms with Crippen LogP contribution in [0.3, 0.4) is 0 Å². The fraction of sp³-hybridized carbons (Fsp3) is 0.500. The first kappa shape index (κ1) is 7.74. The quantitative estimate of drug-likeness (QED) is 0.717. The van der Waals surface area contributed by atoms with Gasteiger partial charge < -0.3 is 5.11 Å². The molecule has 0 saturated heterocycles. The van der Waals surface area contributed by atoms with E-state index >= 15 is 0 Å². The van der Waals surface area contributed by atoms with Gasteiger partial charge in [0.15, 0.2) is 0 Å². The predicted octanol–water partition coefficient (Wildman–Crippen LogP) is 1.57. The Labute approximate surface area is 72.3 Å². The highest BCUT2D eigenvalue weighted by molar-refractivity contribution is 5.22. The fourth-order valence-corrected chi connectivity index (χ4v) is 1.73. The third kappa shape index (κ3) is 1.34. The van der Waals surface area contributed by atoms with Crippen molar-refractivity contribution in [3.8, 4) is 0 Å². The molecule has 0 spiro atoms. The average molecular weight is 163 g/mol. The van der Waals surface area contributed by atoms with E-state index in [0.717, 1.165) is 6.42 Å². The van der Waals surface area contributed by atoms with Crippen LogP contribution in [0.5, 0.6) is 0 Å². The Morgan fingerprint density at radius 2 is 2.50 bits per heavy atom. The summed E-state index contributed by atoms with van der Waals surface area (Å²) in [6.45, 7) is 1.86. The van der Waals surface area contributed by atoms with Crippen LogP contribution in [-0.2, 0) is 0 Å². The average Bonchev–Trinajstić information content (AvgIpc) is 2.84. The summed E-state index contributed by atoms with van der Waals surface area (Å²) < 4.78 is 0. The lowest BCUT2D eigenvalue weighted by Gasteiger charge is -2.01. The summed E-state index contributed by atoms with van der Waals surface area (Å²) in [5.74, 6) is 1.02. The van der Waals surface area contributed by atoms with Crippen molar-refractivity contribution in [2.75, 3.05) is 0 Å². The minimum Gasteiger partial charge on any atom is -0.393 e. The number of rotatable bonds is 2. The van der Waals surface area contributed by atoms with E-state index in [-0.39, 0.29) is 6.10 Å². The molecule has 0 amide bonds. The van der Waals surface area contributed by atoms with Crippen LogP contribution in [0.15, 0.2) is 24.5 Å². The zero-order valence-electron chi connectivity index (χ0n) is 7.14. The maximum absolute atomic E-state index is 9.30. The number of aliphatic hydroxyl groups excluding tert-OH is 1. The maximum Gasteiger partial charge on any atom is 0.0546 e. The first-order valence-corrected chi connectivity index (χ1v) is 4.37. The number of pyridine rings is 1. The minimum absolute atomic E-state index is 0.171. The Balaban J connectivity index is 2.06. The molecule has 0 bridgehead atoms. The van der Waals surface area contributed by atoms with E-state index in [9.17, 15) is 5.11 Å². The number of hydrogen-bond acceptors (Lipinski definition) is 2. The van der Waals surface area contributed by atoms with Gasteiger partial charge >= 0.3 is 0 Å². The van der Waals surface area contributed by atoms with Crippen LogP contribution in [0.1, 0.15) is 24.8 Å². The maximum atomic E-state index is 9.30. The van der Waals surface area contributed by atoms with E-state index in [1.807, 2.05) is 19.2 Å². The van der Waals surface area contributed by atoms with Gasteiger partial charge in [0.05, 0.1) is 6.10 Å². The zero-order valence-corrected chi connectivity index (χ0v) is 7.14. The van der Waals surface area contributed by atoms with Gasteiger partial charge in [-0.3, -0.25) is 4.98 Å². The predicted molar refractivity (Wildman–Crippen MR) is 46.8 cm³/mol. The highest BCUT2D eigenvalue weighted by Crippen LogP contribution is 2.49. The fourth-order valence-electron chi connectivity index (χ4n) is 1.73. The van der Waals surface area contributed by atoms with Crippen LogP contribution in [0.4, 0.5) is 0 Å². The summed E-state index contributed by atoms with van der Waals surface area (Å²) in [6.07, 6.45) is 4.62. The Kier molecular flexibility index (Phi) is 1.85. The molecule has 1 heterocycles. The van der Waals surface area contributed by atoms with Crippen LogP contribution >= 0.6 is 0 Å². The standard InChI is InChI=1S/C10H13NO/c1-7(12)9-5-10(9)8-3-2-4-11-6-8/h2-4,6-7,9-10,12H,5H2,1H3/t7-,9-,10-/m1/s1. The highest BCUT2D eigenvalue weighted by Gasteiger charge is 2.41. The van der Waals surface area contributed by atoms with Crippen LogP contribution in [-0.4, -0.2) is 16.2 Å². The molecule has 1 fully saturated rings. The molecule has 0 unspecified atom stereocenters. The molecule has 1 aliphatic rings. The van der Waals surface area contributed by atoms with Crippen molar-refractivity contribution in [3.05, 3.63) is 30.1 Å². The molecular weight excluding hydrogens is 150 g/mol. The van der Waals surface area contributed by atoms with Gasteiger partial charge in [-0.1, -0.05) is 6.07 Å². The summed E-state index contributed by atoms with van der Waals surface area (Å²) in [4.78, 5) is 4.06. The summed E-state index contributed by atoms with van der Waals surface area (Å²) in [6, 6.07) is 4.03. The largest absolute Gasteiger partial charge is 0.393 e. The Morgan fingerprint density at radius 1 is 1.67 bits per heavy atom. The lowest BCUT2D eigenvalue weighted by Crippen LogP contribution is -2.03. The van der Waals surface area contributed by atoms with Crippen molar-refractivity contribution in [3.63, 3.8) is 0 Å². The lowest BCUT2D eigenvalue weighted by molar-refractivity contribution is 0.169. The lowest BCUT2D eigenvalue weighted by atomic mass is 10.1. The van der Waals surface area contributed by atoms with E-state index in [2.05, 4.69) is 11.1 Å². The number of nitrogens with zero attached hydrogens (tertiary/aromatic N) is 1.